The highest BCUT2D eigenvalue weighted by Crippen LogP contribution is 2.28. The number of nitrogens with zero attached hydrogens (tertiary/aromatic N) is 1. The fraction of sp³-hybridized carbons (Fsp3) is 0.167. The maximum atomic E-state index is 13.3. The first-order chi connectivity index (χ1) is 9.74. The summed E-state index contributed by atoms with van der Waals surface area (Å²) in [5, 5.41) is 8.50. The van der Waals surface area contributed by atoms with Crippen molar-refractivity contribution in [2.45, 2.75) is 11.5 Å². The van der Waals surface area contributed by atoms with Crippen LogP contribution in [-0.2, 0) is 23.7 Å². The zero-order valence-corrected chi connectivity index (χ0v) is 13.1. The summed E-state index contributed by atoms with van der Waals surface area (Å²) in [5.41, 5.74) is 0.478. The summed E-state index contributed by atoms with van der Waals surface area (Å²) >= 11 is 11.2. The molecule has 0 aliphatic heterocycles. The van der Waals surface area contributed by atoms with Gasteiger partial charge in [0, 0.05) is 18.9 Å². The molecule has 9 heteroatoms. The van der Waals surface area contributed by atoms with Crippen molar-refractivity contribution in [3.05, 3.63) is 46.0 Å². The first-order valence-corrected chi connectivity index (χ1v) is 7.92. The number of halogens is 3. The lowest BCUT2D eigenvalue weighted by atomic mass is 10.3. The number of aromatic nitrogens is 1. The third kappa shape index (κ3) is 3.32. The van der Waals surface area contributed by atoms with Crippen molar-refractivity contribution in [3.63, 3.8) is 0 Å². The summed E-state index contributed by atoms with van der Waals surface area (Å²) in [6.45, 7) is -0.291. The molecule has 0 radical (unpaired) electrons. The second kappa shape index (κ2) is 5.84. The Bertz CT molecular complexity index is 767. The van der Waals surface area contributed by atoms with Gasteiger partial charge < -0.3 is 9.67 Å². The van der Waals surface area contributed by atoms with E-state index in [1.165, 1.54) is 16.8 Å². The second-order valence-electron chi connectivity index (χ2n) is 4.30. The second-order valence-corrected chi connectivity index (χ2v) is 6.79. The minimum atomic E-state index is -3.89. The van der Waals surface area contributed by atoms with Gasteiger partial charge in [0.05, 0.1) is 22.3 Å². The van der Waals surface area contributed by atoms with Crippen molar-refractivity contribution >= 4 is 38.9 Å². The molecule has 0 aliphatic rings. The van der Waals surface area contributed by atoms with E-state index in [4.69, 9.17) is 28.3 Å². The van der Waals surface area contributed by atoms with Crippen LogP contribution >= 0.6 is 23.2 Å². The van der Waals surface area contributed by atoms with E-state index in [1.54, 1.807) is 7.05 Å². The summed E-state index contributed by atoms with van der Waals surface area (Å²) < 4.78 is 41.4. The lowest BCUT2D eigenvalue weighted by molar-refractivity contribution is 0.272. The number of aryl methyl sites for hydroxylation is 1. The van der Waals surface area contributed by atoms with Crippen LogP contribution in [0.15, 0.2) is 29.3 Å². The molecule has 21 heavy (non-hydrogen) atoms. The molecule has 0 amide bonds. The molecule has 1 aromatic heterocycles. The molecule has 114 valence electrons. The fourth-order valence-corrected chi connectivity index (χ4v) is 3.33. The van der Waals surface area contributed by atoms with Crippen LogP contribution in [0.5, 0.6) is 0 Å². The quantitative estimate of drug-likeness (QED) is 0.831. The summed E-state index contributed by atoms with van der Waals surface area (Å²) in [6.07, 6.45) is 1.35. The molecule has 5 nitrogen and oxygen atoms in total. The number of benzene rings is 1. The van der Waals surface area contributed by atoms with Gasteiger partial charge in [-0.25, -0.2) is 12.8 Å². The van der Waals surface area contributed by atoms with Gasteiger partial charge in [0.2, 0.25) is 0 Å². The van der Waals surface area contributed by atoms with Gasteiger partial charge in [0.25, 0.3) is 10.0 Å². The SMILES string of the molecule is Cn1cc(S(=O)(=O)Nc2cc(Cl)c(F)c(Cl)c2)cc1CO. The number of hydrogen-bond acceptors (Lipinski definition) is 3. The number of aliphatic hydroxyl groups excluding tert-OH is 1. The molecule has 0 bridgehead atoms. The number of anilines is 1. The Kier molecular flexibility index (Phi) is 4.48. The first-order valence-electron chi connectivity index (χ1n) is 5.68. The summed E-state index contributed by atoms with van der Waals surface area (Å²) in [5.74, 6) is -0.816. The van der Waals surface area contributed by atoms with Crippen LogP contribution in [-0.4, -0.2) is 18.1 Å². The normalized spacial score (nSPS) is 11.7. The lowest BCUT2D eigenvalue weighted by Gasteiger charge is -2.08. The molecular weight excluding hydrogens is 342 g/mol. The highest BCUT2D eigenvalue weighted by molar-refractivity contribution is 7.92. The minimum Gasteiger partial charge on any atom is -0.390 e. The smallest absolute Gasteiger partial charge is 0.263 e. The van der Waals surface area contributed by atoms with Crippen LogP contribution in [0.25, 0.3) is 0 Å². The molecule has 0 saturated heterocycles. The topological polar surface area (TPSA) is 71.3 Å². The molecule has 2 rings (SSSR count). The van der Waals surface area contributed by atoms with Crippen LogP contribution in [0.2, 0.25) is 10.0 Å². The summed E-state index contributed by atoms with van der Waals surface area (Å²) in [7, 11) is -2.29. The number of rotatable bonds is 4. The van der Waals surface area contributed by atoms with Gasteiger partial charge in [0.15, 0.2) is 5.82 Å². The van der Waals surface area contributed by atoms with Gasteiger partial charge in [0.1, 0.15) is 4.90 Å². The number of hydrogen-bond donors (Lipinski definition) is 2. The molecule has 0 saturated carbocycles. The van der Waals surface area contributed by atoms with Gasteiger partial charge in [-0.05, 0) is 18.2 Å². The third-order valence-electron chi connectivity index (χ3n) is 2.79. The molecule has 0 fully saturated rings. The Morgan fingerprint density at radius 1 is 1.29 bits per heavy atom. The van der Waals surface area contributed by atoms with Crippen molar-refractivity contribution in [2.75, 3.05) is 4.72 Å². The summed E-state index contributed by atoms with van der Waals surface area (Å²) in [6, 6.07) is 3.57. The van der Waals surface area contributed by atoms with E-state index in [9.17, 15) is 12.8 Å². The molecule has 1 heterocycles. The average Bonchev–Trinajstić information content (AvgIpc) is 2.77. The highest BCUT2D eigenvalue weighted by atomic mass is 35.5. The van der Waals surface area contributed by atoms with E-state index in [-0.39, 0.29) is 27.2 Å². The Morgan fingerprint density at radius 2 is 1.86 bits per heavy atom. The van der Waals surface area contributed by atoms with Crippen molar-refractivity contribution in [3.8, 4) is 0 Å². The minimum absolute atomic E-state index is 0.0365. The molecule has 2 N–H and O–H groups in total. The van der Waals surface area contributed by atoms with Crippen LogP contribution in [0.4, 0.5) is 10.1 Å². The van der Waals surface area contributed by atoms with Crippen molar-refractivity contribution in [1.82, 2.24) is 4.57 Å². The van der Waals surface area contributed by atoms with Gasteiger partial charge in [-0.15, -0.1) is 0 Å². The van der Waals surface area contributed by atoms with Crippen LogP contribution < -0.4 is 4.72 Å². The molecule has 0 unspecified atom stereocenters. The van der Waals surface area contributed by atoms with Gasteiger partial charge in [-0.2, -0.15) is 0 Å². The number of aliphatic hydroxyl groups is 1. The van der Waals surface area contributed by atoms with E-state index in [1.807, 2.05) is 0 Å². The fourth-order valence-electron chi connectivity index (χ4n) is 1.71. The molecule has 0 spiro atoms. The largest absolute Gasteiger partial charge is 0.390 e. The maximum Gasteiger partial charge on any atom is 0.263 e. The Hall–Kier alpha value is -1.28. The van der Waals surface area contributed by atoms with Gasteiger partial charge in [-0.1, -0.05) is 23.2 Å². The van der Waals surface area contributed by atoms with Gasteiger partial charge in [-0.3, -0.25) is 4.72 Å². The van der Waals surface area contributed by atoms with E-state index in [2.05, 4.69) is 4.72 Å². The molecule has 0 atom stereocenters. The average molecular weight is 353 g/mol. The van der Waals surface area contributed by atoms with Crippen LogP contribution in [0, 0.1) is 5.82 Å². The van der Waals surface area contributed by atoms with Crippen LogP contribution in [0.1, 0.15) is 5.69 Å². The van der Waals surface area contributed by atoms with Crippen molar-refractivity contribution < 1.29 is 17.9 Å². The van der Waals surface area contributed by atoms with E-state index < -0.39 is 15.8 Å². The zero-order chi connectivity index (χ0) is 15.8. The Labute approximate surface area is 131 Å². The predicted octanol–water partition coefficient (Wildman–Crippen LogP) is 2.76. The standard InChI is InChI=1S/C12H11Cl2FN2O3S/c1-17-5-9(4-8(17)6-18)21(19,20)16-7-2-10(13)12(15)11(14)3-7/h2-5,16,18H,6H2,1H3. The van der Waals surface area contributed by atoms with E-state index in [0.717, 1.165) is 12.1 Å². The van der Waals surface area contributed by atoms with Crippen molar-refractivity contribution in [1.29, 1.82) is 0 Å². The Morgan fingerprint density at radius 3 is 2.33 bits per heavy atom. The number of nitrogens with one attached hydrogen (secondary N) is 1. The maximum absolute atomic E-state index is 13.3. The zero-order valence-electron chi connectivity index (χ0n) is 10.8. The van der Waals surface area contributed by atoms with Crippen LogP contribution in [0.3, 0.4) is 0 Å². The molecule has 2 aromatic rings. The lowest BCUT2D eigenvalue weighted by Crippen LogP contribution is -2.12. The van der Waals surface area contributed by atoms with Crippen molar-refractivity contribution in [2.24, 2.45) is 7.05 Å². The van der Waals surface area contributed by atoms with Gasteiger partial charge >= 0.3 is 0 Å². The highest BCUT2D eigenvalue weighted by Gasteiger charge is 2.19. The number of sulfonamides is 1. The third-order valence-corrected chi connectivity index (χ3v) is 4.69. The first kappa shape index (κ1) is 16.1. The summed E-state index contributed by atoms with van der Waals surface area (Å²) in [4.78, 5) is -0.0365. The Balaban J connectivity index is 2.37. The van der Waals surface area contributed by atoms with E-state index in [0.29, 0.717) is 5.69 Å². The molecule has 1 aromatic carbocycles. The van der Waals surface area contributed by atoms with E-state index >= 15 is 0 Å². The molecular formula is C12H11Cl2FN2O3S. The predicted molar refractivity (Wildman–Crippen MR) is 78.6 cm³/mol. The molecule has 0 aliphatic carbocycles. The monoisotopic (exact) mass is 352 g/mol.